The van der Waals surface area contributed by atoms with Gasteiger partial charge in [0.1, 0.15) is 5.75 Å². The van der Waals surface area contributed by atoms with Crippen molar-refractivity contribution in [1.29, 1.82) is 0 Å². The summed E-state index contributed by atoms with van der Waals surface area (Å²) in [7, 11) is 3.61. The summed E-state index contributed by atoms with van der Waals surface area (Å²) in [6.45, 7) is 0. The molecule has 0 radical (unpaired) electrons. The Balaban J connectivity index is 2.50. The maximum atomic E-state index is 5.99. The van der Waals surface area contributed by atoms with Gasteiger partial charge >= 0.3 is 0 Å². The molecule has 19 heavy (non-hydrogen) atoms. The highest BCUT2D eigenvalue weighted by atomic mass is 79.9. The van der Waals surface area contributed by atoms with Crippen molar-refractivity contribution in [2.24, 2.45) is 0 Å². The van der Waals surface area contributed by atoms with Gasteiger partial charge in [-0.05, 0) is 30.8 Å². The van der Waals surface area contributed by atoms with Crippen LogP contribution in [-0.2, 0) is 0 Å². The smallest absolute Gasteiger partial charge is 0.123 e. The van der Waals surface area contributed by atoms with Gasteiger partial charge in [0.05, 0.1) is 13.2 Å². The second-order valence-electron chi connectivity index (χ2n) is 4.13. The van der Waals surface area contributed by atoms with Gasteiger partial charge in [0.2, 0.25) is 0 Å². The van der Waals surface area contributed by atoms with E-state index in [0.29, 0.717) is 5.02 Å². The van der Waals surface area contributed by atoms with Gasteiger partial charge in [-0.25, -0.2) is 0 Å². The van der Waals surface area contributed by atoms with Crippen molar-refractivity contribution in [3.05, 3.63) is 63.1 Å². The van der Waals surface area contributed by atoms with Crippen LogP contribution in [0.1, 0.15) is 17.2 Å². The monoisotopic (exact) mass is 339 g/mol. The van der Waals surface area contributed by atoms with Crippen LogP contribution in [0.3, 0.4) is 0 Å². The van der Waals surface area contributed by atoms with Crippen LogP contribution in [-0.4, -0.2) is 14.2 Å². The summed E-state index contributed by atoms with van der Waals surface area (Å²) in [4.78, 5) is 0. The van der Waals surface area contributed by atoms with E-state index >= 15 is 0 Å². The third kappa shape index (κ3) is 3.11. The molecule has 1 atom stereocenters. The van der Waals surface area contributed by atoms with Crippen LogP contribution in [0, 0.1) is 0 Å². The van der Waals surface area contributed by atoms with E-state index < -0.39 is 0 Å². The van der Waals surface area contributed by atoms with Crippen molar-refractivity contribution in [2.45, 2.75) is 6.04 Å². The fourth-order valence-electron chi connectivity index (χ4n) is 2.12. The molecular weight excluding hydrogens is 326 g/mol. The molecule has 2 nitrogen and oxygen atoms in total. The minimum absolute atomic E-state index is 0.0443. The molecule has 0 aromatic heterocycles. The van der Waals surface area contributed by atoms with Crippen molar-refractivity contribution in [1.82, 2.24) is 5.32 Å². The van der Waals surface area contributed by atoms with Crippen LogP contribution in [0.5, 0.6) is 5.75 Å². The van der Waals surface area contributed by atoms with Crippen molar-refractivity contribution in [2.75, 3.05) is 14.2 Å². The summed E-state index contributed by atoms with van der Waals surface area (Å²) in [6, 6.07) is 13.8. The minimum Gasteiger partial charge on any atom is -0.496 e. The van der Waals surface area contributed by atoms with E-state index in [9.17, 15) is 0 Å². The summed E-state index contributed by atoms with van der Waals surface area (Å²) in [5, 5.41) is 4.03. The number of ether oxygens (including phenoxy) is 1. The molecular formula is C15H15BrClNO. The average Bonchev–Trinajstić information content (AvgIpc) is 2.42. The molecule has 2 aromatic rings. The first-order valence-corrected chi connectivity index (χ1v) is 7.09. The summed E-state index contributed by atoms with van der Waals surface area (Å²) in [6.07, 6.45) is 0. The fourth-order valence-corrected chi connectivity index (χ4v) is 3.03. The van der Waals surface area contributed by atoms with Gasteiger partial charge in [-0.15, -0.1) is 0 Å². The van der Waals surface area contributed by atoms with Gasteiger partial charge in [0, 0.05) is 15.1 Å². The van der Waals surface area contributed by atoms with Gasteiger partial charge in [-0.2, -0.15) is 0 Å². The first-order valence-electron chi connectivity index (χ1n) is 5.92. The Morgan fingerprint density at radius 1 is 1.16 bits per heavy atom. The average molecular weight is 341 g/mol. The molecule has 0 saturated carbocycles. The lowest BCUT2D eigenvalue weighted by Crippen LogP contribution is -2.18. The van der Waals surface area contributed by atoms with E-state index in [2.05, 4.69) is 27.3 Å². The topological polar surface area (TPSA) is 21.3 Å². The summed E-state index contributed by atoms with van der Waals surface area (Å²) < 4.78 is 6.41. The minimum atomic E-state index is 0.0443. The summed E-state index contributed by atoms with van der Waals surface area (Å²) in [5.74, 6) is 0.865. The predicted molar refractivity (Wildman–Crippen MR) is 83.0 cm³/mol. The molecule has 0 aliphatic heterocycles. The molecule has 0 heterocycles. The largest absolute Gasteiger partial charge is 0.496 e. The van der Waals surface area contributed by atoms with Gasteiger partial charge in [-0.1, -0.05) is 51.8 Å². The van der Waals surface area contributed by atoms with Crippen LogP contribution in [0.15, 0.2) is 46.9 Å². The van der Waals surface area contributed by atoms with E-state index in [4.69, 9.17) is 16.3 Å². The highest BCUT2D eigenvalue weighted by molar-refractivity contribution is 9.10. The zero-order valence-electron chi connectivity index (χ0n) is 10.8. The highest BCUT2D eigenvalue weighted by Gasteiger charge is 2.18. The van der Waals surface area contributed by atoms with Crippen LogP contribution in [0.4, 0.5) is 0 Å². The Morgan fingerprint density at radius 3 is 2.53 bits per heavy atom. The highest BCUT2D eigenvalue weighted by Crippen LogP contribution is 2.34. The quantitative estimate of drug-likeness (QED) is 0.889. The Hall–Kier alpha value is -1.03. The first kappa shape index (κ1) is 14.4. The molecule has 0 spiro atoms. The summed E-state index contributed by atoms with van der Waals surface area (Å²) in [5.41, 5.74) is 2.21. The van der Waals surface area contributed by atoms with Crippen LogP contribution < -0.4 is 10.1 Å². The third-order valence-corrected chi connectivity index (χ3v) is 3.93. The molecule has 0 aliphatic carbocycles. The Labute approximate surface area is 126 Å². The van der Waals surface area contributed by atoms with E-state index in [1.807, 2.05) is 43.4 Å². The van der Waals surface area contributed by atoms with Crippen LogP contribution in [0.25, 0.3) is 0 Å². The number of hydrogen-bond donors (Lipinski definition) is 1. The molecule has 2 rings (SSSR count). The normalized spacial score (nSPS) is 12.2. The molecule has 0 fully saturated rings. The van der Waals surface area contributed by atoms with E-state index in [1.165, 1.54) is 0 Å². The predicted octanol–water partition coefficient (Wildman–Crippen LogP) is 4.42. The molecule has 1 N–H and O–H groups in total. The third-order valence-electron chi connectivity index (χ3n) is 3.01. The number of methoxy groups -OCH3 is 1. The van der Waals surface area contributed by atoms with E-state index in [0.717, 1.165) is 21.3 Å². The maximum Gasteiger partial charge on any atom is 0.123 e. The molecule has 1 unspecified atom stereocenters. The molecule has 4 heteroatoms. The fraction of sp³-hybridized carbons (Fsp3) is 0.200. The zero-order chi connectivity index (χ0) is 13.8. The lowest BCUT2D eigenvalue weighted by Gasteiger charge is -2.21. The lowest BCUT2D eigenvalue weighted by atomic mass is 9.98. The molecule has 2 aromatic carbocycles. The maximum absolute atomic E-state index is 5.99. The Bertz CT molecular complexity index is 574. The Kier molecular flexibility index (Phi) is 4.86. The molecule has 0 bridgehead atoms. The molecule has 0 amide bonds. The van der Waals surface area contributed by atoms with Crippen molar-refractivity contribution < 1.29 is 4.74 Å². The van der Waals surface area contributed by atoms with Crippen LogP contribution in [0.2, 0.25) is 5.02 Å². The molecule has 100 valence electrons. The first-order chi connectivity index (χ1) is 9.17. The number of para-hydroxylation sites is 1. The SMILES string of the molecule is CNC(c1ccc(Cl)cc1Br)c1ccccc1OC. The lowest BCUT2D eigenvalue weighted by molar-refractivity contribution is 0.405. The number of nitrogens with one attached hydrogen (secondary N) is 1. The standard InChI is InChI=1S/C15H15BrClNO/c1-18-15(11-8-7-10(17)9-13(11)16)12-5-3-4-6-14(12)19-2/h3-9,15,18H,1-2H3. The van der Waals surface area contributed by atoms with Gasteiger partial charge in [0.25, 0.3) is 0 Å². The second kappa shape index (κ2) is 6.42. The number of benzene rings is 2. The van der Waals surface area contributed by atoms with E-state index in [1.54, 1.807) is 7.11 Å². The van der Waals surface area contributed by atoms with Crippen LogP contribution >= 0.6 is 27.5 Å². The van der Waals surface area contributed by atoms with Gasteiger partial charge in [0.15, 0.2) is 0 Å². The van der Waals surface area contributed by atoms with Gasteiger partial charge in [-0.3, -0.25) is 0 Å². The molecule has 0 saturated heterocycles. The second-order valence-corrected chi connectivity index (χ2v) is 5.42. The van der Waals surface area contributed by atoms with Crippen molar-refractivity contribution >= 4 is 27.5 Å². The number of hydrogen-bond acceptors (Lipinski definition) is 2. The number of rotatable bonds is 4. The number of halogens is 2. The molecule has 0 aliphatic rings. The van der Waals surface area contributed by atoms with Crippen molar-refractivity contribution in [3.8, 4) is 5.75 Å². The van der Waals surface area contributed by atoms with E-state index in [-0.39, 0.29) is 6.04 Å². The van der Waals surface area contributed by atoms with Crippen molar-refractivity contribution in [3.63, 3.8) is 0 Å². The zero-order valence-corrected chi connectivity index (χ0v) is 13.1. The Morgan fingerprint density at radius 2 is 1.89 bits per heavy atom. The van der Waals surface area contributed by atoms with Gasteiger partial charge < -0.3 is 10.1 Å². The summed E-state index contributed by atoms with van der Waals surface area (Å²) >= 11 is 9.56.